The van der Waals surface area contributed by atoms with Gasteiger partial charge in [0.05, 0.1) is 0 Å². The summed E-state index contributed by atoms with van der Waals surface area (Å²) in [6.45, 7) is 3.13. The van der Waals surface area contributed by atoms with Gasteiger partial charge in [0.1, 0.15) is 0 Å². The summed E-state index contributed by atoms with van der Waals surface area (Å²) in [5.74, 6) is 0.367. The quantitative estimate of drug-likeness (QED) is 0.656. The Kier molecular flexibility index (Phi) is 7.57. The number of aliphatic hydroxyl groups is 1. The van der Waals surface area contributed by atoms with Crippen LogP contribution in [0.5, 0.6) is 0 Å². The third-order valence-electron chi connectivity index (χ3n) is 4.71. The Hall–Kier alpha value is -1.38. The Balaban J connectivity index is 2.07. The summed E-state index contributed by atoms with van der Waals surface area (Å²) in [4.78, 5) is 0. The maximum Gasteiger partial charge on any atom is 0.0431 e. The molecular formula is C21H31NO. The van der Waals surface area contributed by atoms with Gasteiger partial charge in [0.25, 0.3) is 0 Å². The lowest BCUT2D eigenvalue weighted by Crippen LogP contribution is -2.14. The molecule has 0 saturated heterocycles. The minimum atomic E-state index is 0.248. The number of aliphatic hydroxyl groups excluding tert-OH is 1. The Morgan fingerprint density at radius 1 is 1.26 bits per heavy atom. The molecule has 0 aliphatic heterocycles. The number of rotatable bonds is 9. The maximum absolute atomic E-state index is 9.03. The van der Waals surface area contributed by atoms with E-state index in [4.69, 9.17) is 10.8 Å². The van der Waals surface area contributed by atoms with Gasteiger partial charge < -0.3 is 10.8 Å². The summed E-state index contributed by atoms with van der Waals surface area (Å²) >= 11 is 0. The number of fused-ring (bicyclic) bond motifs is 1. The van der Waals surface area contributed by atoms with Crippen LogP contribution in [0.4, 0.5) is 0 Å². The number of aryl methyl sites for hydroxylation is 1. The third-order valence-corrected chi connectivity index (χ3v) is 4.71. The lowest BCUT2D eigenvalue weighted by Gasteiger charge is -2.20. The first-order chi connectivity index (χ1) is 11.3. The molecule has 2 nitrogen and oxygen atoms in total. The van der Waals surface area contributed by atoms with Gasteiger partial charge in [0.2, 0.25) is 0 Å². The Bertz CT molecular complexity index is 545. The molecule has 0 fully saturated rings. The van der Waals surface area contributed by atoms with Crippen LogP contribution < -0.4 is 5.73 Å². The van der Waals surface area contributed by atoms with Gasteiger partial charge in [-0.2, -0.15) is 0 Å². The van der Waals surface area contributed by atoms with E-state index in [0.29, 0.717) is 12.5 Å². The van der Waals surface area contributed by atoms with Crippen LogP contribution in [0, 0.1) is 0 Å². The van der Waals surface area contributed by atoms with Crippen LogP contribution in [0.3, 0.4) is 0 Å². The minimum absolute atomic E-state index is 0.248. The summed E-state index contributed by atoms with van der Waals surface area (Å²) in [5.41, 5.74) is 11.5. The van der Waals surface area contributed by atoms with E-state index in [1.54, 1.807) is 0 Å². The lowest BCUT2D eigenvalue weighted by atomic mass is 9.86. The van der Waals surface area contributed by atoms with Gasteiger partial charge >= 0.3 is 0 Å². The van der Waals surface area contributed by atoms with E-state index in [-0.39, 0.29) is 6.61 Å². The smallest absolute Gasteiger partial charge is 0.0431 e. The van der Waals surface area contributed by atoms with E-state index in [1.807, 2.05) is 0 Å². The molecule has 0 aromatic heterocycles. The molecule has 3 N–H and O–H groups in total. The van der Waals surface area contributed by atoms with Crippen LogP contribution in [-0.4, -0.2) is 18.3 Å². The second kappa shape index (κ2) is 9.69. The van der Waals surface area contributed by atoms with Crippen molar-refractivity contribution in [3.63, 3.8) is 0 Å². The number of nitrogens with two attached hydrogens (primary N) is 1. The summed E-state index contributed by atoms with van der Waals surface area (Å²) in [6, 6.07) is 6.79. The highest BCUT2D eigenvalue weighted by Gasteiger charge is 2.14. The fourth-order valence-corrected chi connectivity index (χ4v) is 3.23. The van der Waals surface area contributed by atoms with Gasteiger partial charge in [-0.1, -0.05) is 56.2 Å². The zero-order valence-corrected chi connectivity index (χ0v) is 14.4. The molecule has 0 heterocycles. The fraction of sp³-hybridized carbons (Fsp3) is 0.524. The monoisotopic (exact) mass is 313 g/mol. The molecule has 1 aliphatic rings. The highest BCUT2D eigenvalue weighted by atomic mass is 16.2. The molecule has 1 aromatic rings. The zero-order valence-electron chi connectivity index (χ0n) is 14.4. The fourth-order valence-electron chi connectivity index (χ4n) is 3.23. The van der Waals surface area contributed by atoms with Gasteiger partial charge in [-0.15, -0.1) is 0 Å². The molecular weight excluding hydrogens is 282 g/mol. The highest BCUT2D eigenvalue weighted by Crippen LogP contribution is 2.29. The molecule has 1 aliphatic carbocycles. The maximum atomic E-state index is 9.03. The van der Waals surface area contributed by atoms with Gasteiger partial charge in [0, 0.05) is 6.61 Å². The van der Waals surface area contributed by atoms with Crippen LogP contribution in [0.25, 0.3) is 6.08 Å². The first kappa shape index (κ1) is 18.0. The Labute approximate surface area is 141 Å². The van der Waals surface area contributed by atoms with Gasteiger partial charge in [-0.25, -0.2) is 0 Å². The molecule has 23 heavy (non-hydrogen) atoms. The summed E-state index contributed by atoms with van der Waals surface area (Å²) in [6.07, 6.45) is 14.7. The molecule has 2 heteroatoms. The van der Waals surface area contributed by atoms with Crippen LogP contribution >= 0.6 is 0 Å². The van der Waals surface area contributed by atoms with E-state index in [1.165, 1.54) is 41.5 Å². The first-order valence-corrected chi connectivity index (χ1v) is 9.09. The van der Waals surface area contributed by atoms with Gasteiger partial charge in [0.15, 0.2) is 0 Å². The van der Waals surface area contributed by atoms with Gasteiger partial charge in [-0.05, 0) is 66.8 Å². The SMILES string of the molecule is CCCC/C=C/C1=Cc2ccc([C@H](CN)CCCO)cc2CC1. The molecule has 0 radical (unpaired) electrons. The summed E-state index contributed by atoms with van der Waals surface area (Å²) in [5, 5.41) is 9.03. The standard InChI is InChI=1S/C21H31NO/c1-2-3-4-5-7-17-9-10-19-15-20(12-11-18(19)14-17)21(16-22)8-6-13-23/h5,7,11-12,14-15,21,23H,2-4,6,8-10,13,16,22H2,1H3/b7-5+/t21-/m0/s1. The second-order valence-corrected chi connectivity index (χ2v) is 6.52. The topological polar surface area (TPSA) is 46.2 Å². The van der Waals surface area contributed by atoms with Crippen molar-refractivity contribution in [2.45, 2.75) is 57.8 Å². The molecule has 0 bridgehead atoms. The first-order valence-electron chi connectivity index (χ1n) is 9.09. The molecule has 1 aromatic carbocycles. The van der Waals surface area contributed by atoms with E-state index in [0.717, 1.165) is 25.7 Å². The number of hydrogen-bond donors (Lipinski definition) is 2. The Morgan fingerprint density at radius 3 is 2.87 bits per heavy atom. The predicted molar refractivity (Wildman–Crippen MR) is 99.5 cm³/mol. The zero-order chi connectivity index (χ0) is 16.5. The third kappa shape index (κ3) is 5.33. The van der Waals surface area contributed by atoms with Crippen molar-refractivity contribution in [1.82, 2.24) is 0 Å². The Morgan fingerprint density at radius 2 is 2.13 bits per heavy atom. The van der Waals surface area contributed by atoms with Crippen molar-refractivity contribution in [3.05, 3.63) is 52.6 Å². The molecule has 0 unspecified atom stereocenters. The van der Waals surface area contributed by atoms with E-state index in [9.17, 15) is 0 Å². The van der Waals surface area contributed by atoms with Crippen molar-refractivity contribution in [1.29, 1.82) is 0 Å². The van der Waals surface area contributed by atoms with Crippen molar-refractivity contribution >= 4 is 6.08 Å². The molecule has 1 atom stereocenters. The van der Waals surface area contributed by atoms with Gasteiger partial charge in [-0.3, -0.25) is 0 Å². The van der Waals surface area contributed by atoms with Crippen LogP contribution in [0.2, 0.25) is 0 Å². The van der Waals surface area contributed by atoms with E-state index < -0.39 is 0 Å². The average Bonchev–Trinajstić information content (AvgIpc) is 2.59. The number of unbranched alkanes of at least 4 members (excludes halogenated alkanes) is 2. The van der Waals surface area contributed by atoms with Crippen molar-refractivity contribution in [2.24, 2.45) is 5.73 Å². The molecule has 2 rings (SSSR count). The van der Waals surface area contributed by atoms with Crippen molar-refractivity contribution in [3.8, 4) is 0 Å². The summed E-state index contributed by atoms with van der Waals surface area (Å²) in [7, 11) is 0. The van der Waals surface area contributed by atoms with Crippen LogP contribution in [-0.2, 0) is 6.42 Å². The largest absolute Gasteiger partial charge is 0.396 e. The highest BCUT2D eigenvalue weighted by molar-refractivity contribution is 5.62. The lowest BCUT2D eigenvalue weighted by molar-refractivity contribution is 0.280. The minimum Gasteiger partial charge on any atom is -0.396 e. The van der Waals surface area contributed by atoms with Crippen LogP contribution in [0.1, 0.15) is 68.1 Å². The average molecular weight is 313 g/mol. The second-order valence-electron chi connectivity index (χ2n) is 6.52. The number of benzene rings is 1. The van der Waals surface area contributed by atoms with Crippen molar-refractivity contribution < 1.29 is 5.11 Å². The molecule has 0 spiro atoms. The summed E-state index contributed by atoms with van der Waals surface area (Å²) < 4.78 is 0. The molecule has 126 valence electrons. The predicted octanol–water partition coefficient (Wildman–Crippen LogP) is 4.58. The van der Waals surface area contributed by atoms with Crippen LogP contribution in [0.15, 0.2) is 35.9 Å². The van der Waals surface area contributed by atoms with E-state index >= 15 is 0 Å². The van der Waals surface area contributed by atoms with E-state index in [2.05, 4.69) is 43.4 Å². The number of allylic oxidation sites excluding steroid dienone is 3. The van der Waals surface area contributed by atoms with Crippen molar-refractivity contribution in [2.75, 3.05) is 13.2 Å². The normalized spacial score (nSPS) is 15.5. The number of hydrogen-bond acceptors (Lipinski definition) is 2. The molecule has 0 saturated carbocycles. The molecule has 0 amide bonds.